The van der Waals surface area contributed by atoms with Gasteiger partial charge in [0.15, 0.2) is 0 Å². The van der Waals surface area contributed by atoms with E-state index in [2.05, 4.69) is 5.32 Å². The Morgan fingerprint density at radius 2 is 2.14 bits per heavy atom. The Kier molecular flexibility index (Phi) is 7.83. The molecule has 0 aromatic heterocycles. The number of carbonyl (C=O) groups excluding carboxylic acids is 1. The van der Waals surface area contributed by atoms with E-state index in [0.717, 1.165) is 13.0 Å². The first-order valence-corrected chi connectivity index (χ1v) is 4.75. The standard InChI is InChI=1S/C9H17NO4/c1-2-5-10-7-9(13)14-6-3-4-8(11)12/h10H,2-7H2,1H3,(H,11,12). The molecule has 14 heavy (non-hydrogen) atoms. The zero-order valence-corrected chi connectivity index (χ0v) is 8.41. The summed E-state index contributed by atoms with van der Waals surface area (Å²) in [7, 11) is 0. The summed E-state index contributed by atoms with van der Waals surface area (Å²) in [5, 5.41) is 11.2. The van der Waals surface area contributed by atoms with Gasteiger partial charge >= 0.3 is 11.9 Å². The van der Waals surface area contributed by atoms with Crippen LogP contribution in [0.15, 0.2) is 0 Å². The van der Waals surface area contributed by atoms with Gasteiger partial charge in [-0.3, -0.25) is 9.59 Å². The van der Waals surface area contributed by atoms with Gasteiger partial charge in [-0.05, 0) is 19.4 Å². The van der Waals surface area contributed by atoms with Gasteiger partial charge in [0.05, 0.1) is 13.2 Å². The molecular formula is C9H17NO4. The van der Waals surface area contributed by atoms with Gasteiger partial charge in [0.1, 0.15) is 0 Å². The Balaban J connectivity index is 3.22. The van der Waals surface area contributed by atoms with Crippen molar-refractivity contribution in [1.82, 2.24) is 5.32 Å². The summed E-state index contributed by atoms with van der Waals surface area (Å²) in [5.74, 6) is -1.20. The molecule has 5 heteroatoms. The fraction of sp³-hybridized carbons (Fsp3) is 0.778. The molecule has 0 aliphatic heterocycles. The monoisotopic (exact) mass is 203 g/mol. The molecule has 0 aromatic carbocycles. The lowest BCUT2D eigenvalue weighted by Crippen LogP contribution is -2.25. The van der Waals surface area contributed by atoms with Crippen molar-refractivity contribution in [2.24, 2.45) is 0 Å². The molecule has 0 heterocycles. The van der Waals surface area contributed by atoms with Crippen molar-refractivity contribution < 1.29 is 19.4 Å². The summed E-state index contributed by atoms with van der Waals surface area (Å²) in [6, 6.07) is 0. The van der Waals surface area contributed by atoms with Crippen LogP contribution in [0.25, 0.3) is 0 Å². The van der Waals surface area contributed by atoms with Gasteiger partial charge < -0.3 is 15.2 Å². The maximum absolute atomic E-state index is 10.9. The molecule has 0 spiro atoms. The number of esters is 1. The van der Waals surface area contributed by atoms with E-state index in [1.54, 1.807) is 0 Å². The molecule has 0 aliphatic carbocycles. The summed E-state index contributed by atoms with van der Waals surface area (Å²) in [4.78, 5) is 21.0. The van der Waals surface area contributed by atoms with Gasteiger partial charge in [0, 0.05) is 6.42 Å². The minimum atomic E-state index is -0.870. The number of ether oxygens (including phenoxy) is 1. The molecule has 0 unspecified atom stereocenters. The van der Waals surface area contributed by atoms with Gasteiger partial charge in [-0.15, -0.1) is 0 Å². The van der Waals surface area contributed by atoms with Crippen LogP contribution in [-0.4, -0.2) is 36.7 Å². The van der Waals surface area contributed by atoms with Crippen LogP contribution in [-0.2, 0) is 14.3 Å². The van der Waals surface area contributed by atoms with Crippen LogP contribution in [0.3, 0.4) is 0 Å². The third-order valence-electron chi connectivity index (χ3n) is 1.49. The molecule has 82 valence electrons. The Bertz CT molecular complexity index is 182. The van der Waals surface area contributed by atoms with Gasteiger partial charge in [-0.2, -0.15) is 0 Å². The van der Waals surface area contributed by atoms with Crippen molar-refractivity contribution in [2.45, 2.75) is 26.2 Å². The minimum absolute atomic E-state index is 0.0374. The maximum atomic E-state index is 10.9. The third kappa shape index (κ3) is 8.99. The van der Waals surface area contributed by atoms with E-state index in [0.29, 0.717) is 6.42 Å². The SMILES string of the molecule is CCCNCC(=O)OCCCC(=O)O. The summed E-state index contributed by atoms with van der Waals surface area (Å²) < 4.78 is 4.77. The zero-order valence-electron chi connectivity index (χ0n) is 8.41. The quantitative estimate of drug-likeness (QED) is 0.441. The number of carbonyl (C=O) groups is 2. The largest absolute Gasteiger partial charge is 0.481 e. The summed E-state index contributed by atoms with van der Waals surface area (Å²) >= 11 is 0. The van der Waals surface area contributed by atoms with Crippen molar-refractivity contribution >= 4 is 11.9 Å². The zero-order chi connectivity index (χ0) is 10.8. The van der Waals surface area contributed by atoms with Crippen LogP contribution >= 0.6 is 0 Å². The topological polar surface area (TPSA) is 75.6 Å². The van der Waals surface area contributed by atoms with Crippen molar-refractivity contribution in [3.63, 3.8) is 0 Å². The predicted molar refractivity (Wildman–Crippen MR) is 51.0 cm³/mol. The number of nitrogens with one attached hydrogen (secondary N) is 1. The molecule has 0 saturated heterocycles. The first-order valence-electron chi connectivity index (χ1n) is 4.75. The molecule has 0 bridgehead atoms. The smallest absolute Gasteiger partial charge is 0.319 e. The second-order valence-corrected chi connectivity index (χ2v) is 2.89. The van der Waals surface area contributed by atoms with E-state index in [9.17, 15) is 9.59 Å². The normalized spacial score (nSPS) is 9.79. The van der Waals surface area contributed by atoms with E-state index in [4.69, 9.17) is 9.84 Å². The molecule has 0 aromatic rings. The van der Waals surface area contributed by atoms with Gasteiger partial charge in [0.2, 0.25) is 0 Å². The molecule has 0 fully saturated rings. The lowest BCUT2D eigenvalue weighted by molar-refractivity contribution is -0.144. The highest BCUT2D eigenvalue weighted by Gasteiger charge is 2.02. The second-order valence-electron chi connectivity index (χ2n) is 2.89. The Hall–Kier alpha value is -1.10. The van der Waals surface area contributed by atoms with Crippen LogP contribution in [0, 0.1) is 0 Å². The number of hydrogen-bond acceptors (Lipinski definition) is 4. The van der Waals surface area contributed by atoms with Crippen molar-refractivity contribution in [3.8, 4) is 0 Å². The highest BCUT2D eigenvalue weighted by molar-refractivity contribution is 5.71. The van der Waals surface area contributed by atoms with Crippen molar-refractivity contribution in [1.29, 1.82) is 0 Å². The average molecular weight is 203 g/mol. The minimum Gasteiger partial charge on any atom is -0.481 e. The molecule has 0 saturated carbocycles. The van der Waals surface area contributed by atoms with Crippen LogP contribution in [0.2, 0.25) is 0 Å². The fourth-order valence-corrected chi connectivity index (χ4v) is 0.828. The Morgan fingerprint density at radius 3 is 2.71 bits per heavy atom. The average Bonchev–Trinajstić information content (AvgIpc) is 2.13. The first kappa shape index (κ1) is 12.9. The van der Waals surface area contributed by atoms with E-state index >= 15 is 0 Å². The second kappa shape index (κ2) is 8.50. The number of rotatable bonds is 8. The van der Waals surface area contributed by atoms with Crippen LogP contribution in [0.1, 0.15) is 26.2 Å². The van der Waals surface area contributed by atoms with E-state index < -0.39 is 5.97 Å². The number of carboxylic acid groups (broad SMARTS) is 1. The van der Waals surface area contributed by atoms with Gasteiger partial charge in [0.25, 0.3) is 0 Å². The summed E-state index contributed by atoms with van der Waals surface area (Å²) in [5.41, 5.74) is 0. The molecule has 2 N–H and O–H groups in total. The van der Waals surface area contributed by atoms with E-state index in [-0.39, 0.29) is 25.5 Å². The van der Waals surface area contributed by atoms with Crippen LogP contribution < -0.4 is 5.32 Å². The number of carboxylic acids is 1. The van der Waals surface area contributed by atoms with Crippen LogP contribution in [0.5, 0.6) is 0 Å². The molecule has 5 nitrogen and oxygen atoms in total. The predicted octanol–water partition coefficient (Wildman–Crippen LogP) is 0.394. The number of aliphatic carboxylic acids is 1. The van der Waals surface area contributed by atoms with E-state index in [1.165, 1.54) is 0 Å². The first-order chi connectivity index (χ1) is 6.66. The Labute approximate surface area is 83.4 Å². The third-order valence-corrected chi connectivity index (χ3v) is 1.49. The van der Waals surface area contributed by atoms with Gasteiger partial charge in [-0.25, -0.2) is 0 Å². The maximum Gasteiger partial charge on any atom is 0.319 e. The molecule has 0 radical (unpaired) electrons. The van der Waals surface area contributed by atoms with Crippen LogP contribution in [0.4, 0.5) is 0 Å². The van der Waals surface area contributed by atoms with Crippen molar-refractivity contribution in [2.75, 3.05) is 19.7 Å². The summed E-state index contributed by atoms with van der Waals surface area (Å²) in [6.45, 7) is 3.16. The number of hydrogen-bond donors (Lipinski definition) is 2. The summed E-state index contributed by atoms with van der Waals surface area (Å²) in [6.07, 6.45) is 1.37. The highest BCUT2D eigenvalue weighted by Crippen LogP contribution is 1.90. The fourth-order valence-electron chi connectivity index (χ4n) is 0.828. The lowest BCUT2D eigenvalue weighted by Gasteiger charge is -2.04. The van der Waals surface area contributed by atoms with Gasteiger partial charge in [-0.1, -0.05) is 6.92 Å². The van der Waals surface area contributed by atoms with E-state index in [1.807, 2.05) is 6.92 Å². The molecule has 0 aliphatic rings. The highest BCUT2D eigenvalue weighted by atomic mass is 16.5. The lowest BCUT2D eigenvalue weighted by atomic mass is 10.3. The molecular weight excluding hydrogens is 186 g/mol. The molecule has 0 amide bonds. The van der Waals surface area contributed by atoms with Crippen molar-refractivity contribution in [3.05, 3.63) is 0 Å². The molecule has 0 atom stereocenters. The Morgan fingerprint density at radius 1 is 1.43 bits per heavy atom. The molecule has 0 rings (SSSR count).